The van der Waals surface area contributed by atoms with E-state index in [1.807, 2.05) is 17.5 Å². The summed E-state index contributed by atoms with van der Waals surface area (Å²) in [5, 5.41) is 1.02. The Bertz CT molecular complexity index is 487. The van der Waals surface area contributed by atoms with E-state index in [2.05, 4.69) is 0 Å². The van der Waals surface area contributed by atoms with Crippen LogP contribution >= 0.6 is 22.9 Å². The Balaban J connectivity index is 2.27. The van der Waals surface area contributed by atoms with Crippen LogP contribution in [0, 0.1) is 17.5 Å². The number of rotatable bonds is 3. The van der Waals surface area contributed by atoms with Gasteiger partial charge in [0.05, 0.1) is 5.38 Å². The first kappa shape index (κ1) is 12.5. The molecule has 2 rings (SSSR count). The van der Waals surface area contributed by atoms with Crippen LogP contribution < -0.4 is 0 Å². The molecule has 17 heavy (non-hydrogen) atoms. The van der Waals surface area contributed by atoms with Gasteiger partial charge in [0, 0.05) is 29.0 Å². The van der Waals surface area contributed by atoms with Gasteiger partial charge in [0.1, 0.15) is 17.5 Å². The second-order valence-corrected chi connectivity index (χ2v) is 5.09. The maximum atomic E-state index is 13.4. The van der Waals surface area contributed by atoms with Crippen LogP contribution in [0.25, 0.3) is 0 Å². The van der Waals surface area contributed by atoms with E-state index in [9.17, 15) is 13.2 Å². The molecule has 0 nitrogen and oxygen atoms in total. The number of alkyl halides is 1. The van der Waals surface area contributed by atoms with Crippen LogP contribution in [-0.2, 0) is 6.42 Å². The maximum Gasteiger partial charge on any atom is 0.133 e. The molecule has 1 heterocycles. The van der Waals surface area contributed by atoms with Gasteiger partial charge in [-0.3, -0.25) is 0 Å². The van der Waals surface area contributed by atoms with Gasteiger partial charge in [-0.05, 0) is 11.4 Å². The second-order valence-electron chi connectivity index (χ2n) is 3.53. The number of hydrogen-bond acceptors (Lipinski definition) is 1. The average Bonchev–Trinajstić information content (AvgIpc) is 2.68. The summed E-state index contributed by atoms with van der Waals surface area (Å²) < 4.78 is 39.6. The number of hydrogen-bond donors (Lipinski definition) is 0. The highest BCUT2D eigenvalue weighted by Crippen LogP contribution is 2.31. The van der Waals surface area contributed by atoms with Crippen molar-refractivity contribution in [1.82, 2.24) is 0 Å². The van der Waals surface area contributed by atoms with Crippen molar-refractivity contribution >= 4 is 22.9 Å². The molecule has 5 heteroatoms. The minimum Gasteiger partial charge on any atom is -0.207 e. The SMILES string of the molecule is Fc1cc(F)c(C(Cl)Cc2cccs2)c(F)c1. The van der Waals surface area contributed by atoms with Crippen LogP contribution in [0.1, 0.15) is 15.8 Å². The molecule has 0 saturated heterocycles. The van der Waals surface area contributed by atoms with Gasteiger partial charge < -0.3 is 0 Å². The highest BCUT2D eigenvalue weighted by atomic mass is 35.5. The van der Waals surface area contributed by atoms with Gasteiger partial charge in [0.15, 0.2) is 0 Å². The van der Waals surface area contributed by atoms with Crippen LogP contribution in [-0.4, -0.2) is 0 Å². The zero-order valence-electron chi connectivity index (χ0n) is 8.59. The van der Waals surface area contributed by atoms with Crippen molar-refractivity contribution in [3.05, 3.63) is 57.5 Å². The average molecular weight is 277 g/mol. The Hall–Kier alpha value is -1.00. The molecule has 0 aliphatic rings. The first-order chi connectivity index (χ1) is 8.08. The van der Waals surface area contributed by atoms with E-state index in [1.54, 1.807) is 0 Å². The quantitative estimate of drug-likeness (QED) is 0.714. The molecule has 1 atom stereocenters. The van der Waals surface area contributed by atoms with Crippen LogP contribution in [0.2, 0.25) is 0 Å². The van der Waals surface area contributed by atoms with E-state index in [0.29, 0.717) is 18.6 Å². The standard InChI is InChI=1S/C12H8ClF3S/c13-9(6-8-2-1-3-17-8)12-10(15)4-7(14)5-11(12)16/h1-5,9H,6H2. The van der Waals surface area contributed by atoms with Gasteiger partial charge in [0.25, 0.3) is 0 Å². The summed E-state index contributed by atoms with van der Waals surface area (Å²) in [6.45, 7) is 0. The van der Waals surface area contributed by atoms with Gasteiger partial charge >= 0.3 is 0 Å². The first-order valence-corrected chi connectivity index (χ1v) is 6.20. The van der Waals surface area contributed by atoms with Crippen molar-refractivity contribution in [1.29, 1.82) is 0 Å². The van der Waals surface area contributed by atoms with Crippen molar-refractivity contribution in [2.24, 2.45) is 0 Å². The Kier molecular flexibility index (Phi) is 3.74. The molecule has 1 aromatic carbocycles. The summed E-state index contributed by atoms with van der Waals surface area (Å²) in [4.78, 5) is 0.924. The summed E-state index contributed by atoms with van der Waals surface area (Å²) in [7, 11) is 0. The van der Waals surface area contributed by atoms with Gasteiger partial charge in [-0.2, -0.15) is 0 Å². The van der Waals surface area contributed by atoms with E-state index >= 15 is 0 Å². The van der Waals surface area contributed by atoms with Crippen LogP contribution in [0.15, 0.2) is 29.6 Å². The van der Waals surface area contributed by atoms with Crippen molar-refractivity contribution in [3.63, 3.8) is 0 Å². The Morgan fingerprint density at radius 3 is 2.35 bits per heavy atom. The number of thiophene rings is 1. The number of benzene rings is 1. The topological polar surface area (TPSA) is 0 Å². The highest BCUT2D eigenvalue weighted by molar-refractivity contribution is 7.09. The predicted octanol–water partition coefficient (Wildman–Crippen LogP) is 4.69. The molecule has 0 radical (unpaired) electrons. The predicted molar refractivity (Wildman–Crippen MR) is 62.9 cm³/mol. The zero-order chi connectivity index (χ0) is 12.4. The molecule has 0 amide bonds. The van der Waals surface area contributed by atoms with E-state index < -0.39 is 22.8 Å². The minimum atomic E-state index is -0.945. The fraction of sp³-hybridized carbons (Fsp3) is 0.167. The molecular weight excluding hydrogens is 269 g/mol. The lowest BCUT2D eigenvalue weighted by Gasteiger charge is -2.11. The molecule has 2 aromatic rings. The maximum absolute atomic E-state index is 13.4. The zero-order valence-corrected chi connectivity index (χ0v) is 10.2. The van der Waals surface area contributed by atoms with E-state index in [1.165, 1.54) is 11.3 Å². The van der Waals surface area contributed by atoms with Crippen molar-refractivity contribution in [3.8, 4) is 0 Å². The third-order valence-corrected chi connectivity index (χ3v) is 3.59. The fourth-order valence-electron chi connectivity index (χ4n) is 1.56. The molecule has 0 aliphatic heterocycles. The van der Waals surface area contributed by atoms with Gasteiger partial charge in [-0.1, -0.05) is 6.07 Å². The normalized spacial score (nSPS) is 12.7. The molecule has 90 valence electrons. The van der Waals surface area contributed by atoms with Crippen molar-refractivity contribution in [2.75, 3.05) is 0 Å². The van der Waals surface area contributed by atoms with Gasteiger partial charge in [-0.15, -0.1) is 22.9 Å². The molecule has 0 aliphatic carbocycles. The Morgan fingerprint density at radius 1 is 1.18 bits per heavy atom. The fourth-order valence-corrected chi connectivity index (χ4v) is 2.78. The largest absolute Gasteiger partial charge is 0.207 e. The molecule has 0 N–H and O–H groups in total. The highest BCUT2D eigenvalue weighted by Gasteiger charge is 2.20. The van der Waals surface area contributed by atoms with Crippen LogP contribution in [0.4, 0.5) is 13.2 Å². The summed E-state index contributed by atoms with van der Waals surface area (Å²) >= 11 is 7.42. The third-order valence-electron chi connectivity index (χ3n) is 2.32. The lowest BCUT2D eigenvalue weighted by atomic mass is 10.1. The lowest BCUT2D eigenvalue weighted by Crippen LogP contribution is -2.02. The minimum absolute atomic E-state index is 0.276. The summed E-state index contributed by atoms with van der Waals surface area (Å²) in [6, 6.07) is 4.95. The van der Waals surface area contributed by atoms with Gasteiger partial charge in [0.2, 0.25) is 0 Å². The monoisotopic (exact) mass is 276 g/mol. The van der Waals surface area contributed by atoms with Gasteiger partial charge in [-0.25, -0.2) is 13.2 Å². The van der Waals surface area contributed by atoms with E-state index in [0.717, 1.165) is 4.88 Å². The molecule has 1 aromatic heterocycles. The molecule has 0 fully saturated rings. The van der Waals surface area contributed by atoms with Crippen molar-refractivity contribution < 1.29 is 13.2 Å². The molecule has 0 saturated carbocycles. The molecule has 0 bridgehead atoms. The Labute approximate surface area is 106 Å². The Morgan fingerprint density at radius 2 is 1.82 bits per heavy atom. The number of halogens is 4. The molecule has 1 unspecified atom stereocenters. The lowest BCUT2D eigenvalue weighted by molar-refractivity contribution is 0.521. The summed E-state index contributed by atoms with van der Waals surface area (Å²) in [6.07, 6.45) is 0.318. The summed E-state index contributed by atoms with van der Waals surface area (Å²) in [5.41, 5.74) is -0.276. The molecular formula is C12H8ClF3S. The smallest absolute Gasteiger partial charge is 0.133 e. The molecule has 0 spiro atoms. The van der Waals surface area contributed by atoms with Crippen LogP contribution in [0.5, 0.6) is 0 Å². The second kappa shape index (κ2) is 5.10. The third kappa shape index (κ3) is 2.82. The van der Waals surface area contributed by atoms with E-state index in [-0.39, 0.29) is 5.56 Å². The van der Waals surface area contributed by atoms with Crippen molar-refractivity contribution in [2.45, 2.75) is 11.8 Å². The summed E-state index contributed by atoms with van der Waals surface area (Å²) in [5.74, 6) is -2.83. The van der Waals surface area contributed by atoms with E-state index in [4.69, 9.17) is 11.6 Å². The first-order valence-electron chi connectivity index (χ1n) is 4.89. The van der Waals surface area contributed by atoms with Crippen LogP contribution in [0.3, 0.4) is 0 Å².